The Labute approximate surface area is 268 Å². The van der Waals surface area contributed by atoms with Gasteiger partial charge in [-0.15, -0.1) is 0 Å². The summed E-state index contributed by atoms with van der Waals surface area (Å²) in [4.78, 5) is 5.29. The van der Waals surface area contributed by atoms with Crippen molar-refractivity contribution in [2.75, 3.05) is 0 Å². The third-order valence-electron chi connectivity index (χ3n) is 9.49. The Hall–Kier alpha value is -5.99. The molecule has 2 heteroatoms. The Bertz CT molecular complexity index is 2280. The van der Waals surface area contributed by atoms with Crippen molar-refractivity contribution in [3.63, 3.8) is 0 Å². The number of hydrogen-bond donors (Lipinski definition) is 0. The number of imidazole rings is 1. The van der Waals surface area contributed by atoms with Crippen molar-refractivity contribution < 1.29 is 0 Å². The van der Waals surface area contributed by atoms with Gasteiger partial charge in [0.05, 0.1) is 22.1 Å². The quantitative estimate of drug-likeness (QED) is 0.196. The van der Waals surface area contributed by atoms with E-state index in [0.717, 1.165) is 28.1 Å². The van der Waals surface area contributed by atoms with E-state index in [0.29, 0.717) is 0 Å². The van der Waals surface area contributed by atoms with E-state index in [-0.39, 0.29) is 0 Å². The molecule has 0 bridgehead atoms. The zero-order valence-corrected chi connectivity index (χ0v) is 25.2. The fourth-order valence-corrected chi connectivity index (χ4v) is 7.45. The van der Waals surface area contributed by atoms with Crippen molar-refractivity contribution in [3.05, 3.63) is 204 Å². The van der Waals surface area contributed by atoms with Crippen molar-refractivity contribution in [1.29, 1.82) is 0 Å². The molecule has 216 valence electrons. The van der Waals surface area contributed by atoms with Crippen molar-refractivity contribution in [2.45, 2.75) is 5.41 Å². The highest BCUT2D eigenvalue weighted by molar-refractivity contribution is 5.93. The number of nitrogens with zero attached hydrogens (tertiary/aromatic N) is 2. The summed E-state index contributed by atoms with van der Waals surface area (Å²) < 4.78 is 2.39. The standard InChI is InChI=1S/C44H30N2/c1-5-14-31(15-6-1)32-24-26-33(27-25-32)35-28-29-41-39(30-35)44(36-18-9-3-10-19-36,37-20-11-4-12-21-37)38-22-13-23-40-42(38)46(41)43(45-40)34-16-7-2-8-17-34/h1-30H. The molecule has 0 atom stereocenters. The first kappa shape index (κ1) is 26.4. The number of rotatable bonds is 5. The summed E-state index contributed by atoms with van der Waals surface area (Å²) in [7, 11) is 0. The molecule has 0 N–H and O–H groups in total. The van der Waals surface area contributed by atoms with E-state index in [1.54, 1.807) is 0 Å². The van der Waals surface area contributed by atoms with Gasteiger partial charge >= 0.3 is 0 Å². The van der Waals surface area contributed by atoms with Gasteiger partial charge in [0, 0.05) is 5.56 Å². The lowest BCUT2D eigenvalue weighted by molar-refractivity contribution is 0.726. The lowest BCUT2D eigenvalue weighted by Crippen LogP contribution is -2.35. The second kappa shape index (κ2) is 10.6. The highest BCUT2D eigenvalue weighted by Gasteiger charge is 2.45. The molecular formula is C44H30N2. The van der Waals surface area contributed by atoms with Crippen LogP contribution in [0.1, 0.15) is 22.3 Å². The van der Waals surface area contributed by atoms with Gasteiger partial charge in [0.1, 0.15) is 5.82 Å². The molecule has 2 heterocycles. The molecule has 0 fully saturated rings. The third kappa shape index (κ3) is 3.94. The summed E-state index contributed by atoms with van der Waals surface area (Å²) in [6.45, 7) is 0. The van der Waals surface area contributed by atoms with E-state index in [1.807, 2.05) is 0 Å². The van der Waals surface area contributed by atoms with Crippen LogP contribution in [0.2, 0.25) is 0 Å². The highest BCUT2D eigenvalue weighted by Crippen LogP contribution is 2.54. The maximum Gasteiger partial charge on any atom is 0.145 e. The molecule has 0 unspecified atom stereocenters. The van der Waals surface area contributed by atoms with Gasteiger partial charge in [-0.05, 0) is 62.7 Å². The van der Waals surface area contributed by atoms with Gasteiger partial charge in [-0.2, -0.15) is 0 Å². The van der Waals surface area contributed by atoms with Crippen LogP contribution >= 0.6 is 0 Å². The van der Waals surface area contributed by atoms with E-state index in [4.69, 9.17) is 4.98 Å². The van der Waals surface area contributed by atoms with Gasteiger partial charge in [-0.1, -0.05) is 164 Å². The minimum absolute atomic E-state index is 0.554. The average Bonchev–Trinajstić information content (AvgIpc) is 3.54. The molecule has 7 aromatic carbocycles. The van der Waals surface area contributed by atoms with Crippen LogP contribution in [-0.2, 0) is 5.41 Å². The predicted molar refractivity (Wildman–Crippen MR) is 189 cm³/mol. The molecule has 0 aliphatic carbocycles. The van der Waals surface area contributed by atoms with Crippen LogP contribution in [0.5, 0.6) is 0 Å². The number of fused-ring (bicyclic) bond motifs is 2. The van der Waals surface area contributed by atoms with Crippen molar-refractivity contribution in [2.24, 2.45) is 0 Å². The van der Waals surface area contributed by atoms with Crippen molar-refractivity contribution in [1.82, 2.24) is 9.55 Å². The Kier molecular flexibility index (Phi) is 6.07. The lowest BCUT2D eigenvalue weighted by Gasteiger charge is -2.41. The van der Waals surface area contributed by atoms with Crippen LogP contribution in [0.4, 0.5) is 0 Å². The maximum absolute atomic E-state index is 5.29. The van der Waals surface area contributed by atoms with E-state index in [2.05, 4.69) is 187 Å². The fraction of sp³-hybridized carbons (Fsp3) is 0.0227. The van der Waals surface area contributed by atoms with E-state index in [1.165, 1.54) is 44.5 Å². The molecule has 9 rings (SSSR count). The van der Waals surface area contributed by atoms with Gasteiger partial charge in [0.2, 0.25) is 0 Å². The van der Waals surface area contributed by atoms with E-state index in [9.17, 15) is 0 Å². The molecule has 46 heavy (non-hydrogen) atoms. The average molecular weight is 587 g/mol. The molecule has 0 spiro atoms. The molecule has 0 saturated carbocycles. The van der Waals surface area contributed by atoms with Gasteiger partial charge in [-0.3, -0.25) is 4.57 Å². The minimum Gasteiger partial charge on any atom is -0.292 e. The zero-order chi connectivity index (χ0) is 30.5. The first-order chi connectivity index (χ1) is 22.8. The molecular weight excluding hydrogens is 556 g/mol. The Morgan fingerprint density at radius 2 is 0.891 bits per heavy atom. The summed E-state index contributed by atoms with van der Waals surface area (Å²) in [5, 5.41) is 0. The summed E-state index contributed by atoms with van der Waals surface area (Å²) >= 11 is 0. The second-order valence-electron chi connectivity index (χ2n) is 12.0. The molecule has 1 aliphatic rings. The van der Waals surface area contributed by atoms with Gasteiger partial charge < -0.3 is 0 Å². The third-order valence-corrected chi connectivity index (χ3v) is 9.49. The molecule has 0 radical (unpaired) electrons. The number of aromatic nitrogens is 2. The topological polar surface area (TPSA) is 17.8 Å². The van der Waals surface area contributed by atoms with E-state index >= 15 is 0 Å². The van der Waals surface area contributed by atoms with Crippen molar-refractivity contribution in [3.8, 4) is 39.3 Å². The summed E-state index contributed by atoms with van der Waals surface area (Å²) in [6, 6.07) is 65.7. The Balaban J connectivity index is 1.37. The van der Waals surface area contributed by atoms with Gasteiger partial charge in [0.15, 0.2) is 0 Å². The largest absolute Gasteiger partial charge is 0.292 e. The monoisotopic (exact) mass is 586 g/mol. The predicted octanol–water partition coefficient (Wildman–Crippen LogP) is 10.7. The molecule has 0 saturated heterocycles. The van der Waals surface area contributed by atoms with Gasteiger partial charge in [0.25, 0.3) is 0 Å². The SMILES string of the molecule is c1ccc(-c2ccc(-c3ccc4c(c3)C(c3ccccc3)(c3ccccc3)c3cccc5nc(-c6ccccc6)n-4c35)cc2)cc1. The van der Waals surface area contributed by atoms with Crippen LogP contribution in [0, 0.1) is 0 Å². The Morgan fingerprint density at radius 1 is 0.391 bits per heavy atom. The Morgan fingerprint density at radius 3 is 1.50 bits per heavy atom. The molecule has 0 amide bonds. The molecule has 1 aliphatic heterocycles. The van der Waals surface area contributed by atoms with Crippen LogP contribution in [0.25, 0.3) is 50.4 Å². The smallest absolute Gasteiger partial charge is 0.145 e. The minimum atomic E-state index is -0.554. The number of benzene rings is 7. The zero-order valence-electron chi connectivity index (χ0n) is 25.2. The van der Waals surface area contributed by atoms with Gasteiger partial charge in [-0.25, -0.2) is 4.98 Å². The first-order valence-corrected chi connectivity index (χ1v) is 15.8. The van der Waals surface area contributed by atoms with Crippen LogP contribution in [0.15, 0.2) is 182 Å². The van der Waals surface area contributed by atoms with E-state index < -0.39 is 5.41 Å². The van der Waals surface area contributed by atoms with Crippen LogP contribution < -0.4 is 0 Å². The summed E-state index contributed by atoms with van der Waals surface area (Å²) in [5.41, 5.74) is 13.6. The van der Waals surface area contributed by atoms with Crippen molar-refractivity contribution >= 4 is 11.0 Å². The van der Waals surface area contributed by atoms with Crippen LogP contribution in [0.3, 0.4) is 0 Å². The number of hydrogen-bond acceptors (Lipinski definition) is 1. The summed E-state index contributed by atoms with van der Waals surface area (Å²) in [6.07, 6.45) is 0. The summed E-state index contributed by atoms with van der Waals surface area (Å²) in [5.74, 6) is 0.957. The molecule has 8 aromatic rings. The maximum atomic E-state index is 5.29. The molecule has 1 aromatic heterocycles. The fourth-order valence-electron chi connectivity index (χ4n) is 7.45. The van der Waals surface area contributed by atoms with Crippen LogP contribution in [-0.4, -0.2) is 9.55 Å². The normalized spacial score (nSPS) is 13.0. The lowest BCUT2D eigenvalue weighted by atomic mass is 9.63. The second-order valence-corrected chi connectivity index (χ2v) is 12.0. The number of para-hydroxylation sites is 1. The first-order valence-electron chi connectivity index (χ1n) is 15.8. The molecule has 2 nitrogen and oxygen atoms in total. The highest BCUT2D eigenvalue weighted by atomic mass is 15.1.